The van der Waals surface area contributed by atoms with E-state index in [1.807, 2.05) is 0 Å². The number of aromatic amines is 1. The summed E-state index contributed by atoms with van der Waals surface area (Å²) in [6.45, 7) is 0.306. The van der Waals surface area contributed by atoms with E-state index >= 15 is 0 Å². The molecule has 17 heavy (non-hydrogen) atoms. The fraction of sp³-hybridized carbons (Fsp3) is 0.111. The highest BCUT2D eigenvalue weighted by molar-refractivity contribution is 5.93. The molecule has 2 aromatic rings. The van der Waals surface area contributed by atoms with Crippen molar-refractivity contribution in [1.82, 2.24) is 30.7 Å². The lowest BCUT2D eigenvalue weighted by Gasteiger charge is -1.76. The Morgan fingerprint density at radius 1 is 1.06 bits per heavy atom. The maximum absolute atomic E-state index is 10.0. The molecule has 3 heterocycles. The van der Waals surface area contributed by atoms with Crippen molar-refractivity contribution in [3.05, 3.63) is 37.2 Å². The van der Waals surface area contributed by atoms with Gasteiger partial charge in [-0.25, -0.2) is 9.97 Å². The molecule has 1 amide bonds. The van der Waals surface area contributed by atoms with Crippen molar-refractivity contribution < 1.29 is 4.79 Å². The lowest BCUT2D eigenvalue weighted by molar-refractivity contribution is -0.117. The van der Waals surface area contributed by atoms with E-state index in [4.69, 9.17) is 0 Å². The van der Waals surface area contributed by atoms with Gasteiger partial charge in [0.1, 0.15) is 12.9 Å². The van der Waals surface area contributed by atoms with E-state index < -0.39 is 0 Å². The summed E-state index contributed by atoms with van der Waals surface area (Å²) in [5, 5.41) is 11.7. The van der Waals surface area contributed by atoms with E-state index in [0.717, 1.165) is 0 Å². The van der Waals surface area contributed by atoms with Crippen LogP contribution in [0.25, 0.3) is 0 Å². The average Bonchev–Trinajstić information content (AvgIpc) is 3.07. The molecule has 2 aromatic heterocycles. The zero-order valence-electron chi connectivity index (χ0n) is 8.89. The second-order valence-electron chi connectivity index (χ2n) is 2.60. The Hall–Kier alpha value is -2.64. The summed E-state index contributed by atoms with van der Waals surface area (Å²) in [5.74, 6) is -0.0185. The number of aliphatic imine (C=N–C) groups is 1. The van der Waals surface area contributed by atoms with E-state index in [0.29, 0.717) is 6.54 Å². The maximum Gasteiger partial charge on any atom is 0.246 e. The molecule has 0 bridgehead atoms. The van der Waals surface area contributed by atoms with Crippen LogP contribution in [-0.4, -0.2) is 44.2 Å². The first-order chi connectivity index (χ1) is 8.39. The molecule has 0 spiro atoms. The summed E-state index contributed by atoms with van der Waals surface area (Å²) in [6.07, 6.45) is 9.45. The SMILES string of the molecule is O=C1CN=CN1.c1cn[nH]n1.c1cncnc1. The van der Waals surface area contributed by atoms with Gasteiger partial charge in [0.25, 0.3) is 0 Å². The van der Waals surface area contributed by atoms with Crippen molar-refractivity contribution >= 4 is 12.2 Å². The number of hydrogen-bond acceptors (Lipinski definition) is 6. The van der Waals surface area contributed by atoms with Crippen molar-refractivity contribution in [1.29, 1.82) is 0 Å². The van der Waals surface area contributed by atoms with Crippen LogP contribution < -0.4 is 5.32 Å². The molecule has 0 fully saturated rings. The Kier molecular flexibility index (Phi) is 6.33. The third-order valence-electron chi connectivity index (χ3n) is 1.36. The Morgan fingerprint density at radius 3 is 1.94 bits per heavy atom. The number of hydrogen-bond donors (Lipinski definition) is 2. The van der Waals surface area contributed by atoms with E-state index in [-0.39, 0.29) is 5.91 Å². The number of rotatable bonds is 0. The predicted molar refractivity (Wildman–Crippen MR) is 59.9 cm³/mol. The third-order valence-corrected chi connectivity index (χ3v) is 1.36. The van der Waals surface area contributed by atoms with E-state index in [9.17, 15) is 4.79 Å². The molecule has 88 valence electrons. The van der Waals surface area contributed by atoms with Crippen LogP contribution in [0.3, 0.4) is 0 Å². The fourth-order valence-electron chi connectivity index (χ4n) is 0.712. The molecule has 2 N–H and O–H groups in total. The average molecular weight is 233 g/mol. The van der Waals surface area contributed by atoms with Crippen LogP contribution in [0, 0.1) is 0 Å². The zero-order valence-corrected chi connectivity index (χ0v) is 8.89. The zero-order chi connectivity index (χ0) is 12.2. The number of aromatic nitrogens is 5. The number of amides is 1. The standard InChI is InChI=1S/C4H4N2.C3H4N2O.C2H3N3/c1-2-5-4-6-3-1;6-3-1-4-2-5-3;1-2-4-5-3-1/h1-4H;2H,1H2,(H,4,5,6);1-2H,(H,3,4,5). The molecular weight excluding hydrogens is 222 g/mol. The molecule has 0 unspecified atom stereocenters. The molecule has 8 nitrogen and oxygen atoms in total. The topological polar surface area (TPSA) is 109 Å². The van der Waals surface area contributed by atoms with Gasteiger partial charge in [-0.1, -0.05) is 0 Å². The number of nitrogens with one attached hydrogen (secondary N) is 2. The molecule has 0 saturated heterocycles. The summed E-state index contributed by atoms with van der Waals surface area (Å²) in [6, 6.07) is 1.78. The Balaban J connectivity index is 0.000000128. The molecular formula is C9H11N7O. The molecule has 1 aliphatic rings. The van der Waals surface area contributed by atoms with E-state index in [1.54, 1.807) is 30.9 Å². The summed E-state index contributed by atoms with van der Waals surface area (Å²) >= 11 is 0. The van der Waals surface area contributed by atoms with E-state index in [1.165, 1.54) is 12.7 Å². The quantitative estimate of drug-likeness (QED) is 0.633. The van der Waals surface area contributed by atoms with Crippen molar-refractivity contribution in [2.45, 2.75) is 0 Å². The number of nitrogens with zero attached hydrogens (tertiary/aromatic N) is 5. The lowest BCUT2D eigenvalue weighted by atomic mass is 10.7. The van der Waals surface area contributed by atoms with Crippen LogP contribution >= 0.6 is 0 Å². The van der Waals surface area contributed by atoms with Gasteiger partial charge in [-0.3, -0.25) is 9.79 Å². The van der Waals surface area contributed by atoms with Gasteiger partial charge in [0.15, 0.2) is 0 Å². The third kappa shape index (κ3) is 7.31. The fourth-order valence-corrected chi connectivity index (χ4v) is 0.712. The molecule has 0 atom stereocenters. The van der Waals surface area contributed by atoms with Gasteiger partial charge in [0, 0.05) is 12.4 Å². The van der Waals surface area contributed by atoms with Crippen molar-refractivity contribution in [3.8, 4) is 0 Å². The van der Waals surface area contributed by atoms with Crippen molar-refractivity contribution in [2.24, 2.45) is 4.99 Å². The summed E-state index contributed by atoms with van der Waals surface area (Å²) in [5.41, 5.74) is 0. The minimum atomic E-state index is -0.0185. The summed E-state index contributed by atoms with van der Waals surface area (Å²) in [4.78, 5) is 20.9. The minimum absolute atomic E-state index is 0.0185. The molecule has 0 saturated carbocycles. The van der Waals surface area contributed by atoms with Crippen molar-refractivity contribution in [2.75, 3.05) is 6.54 Å². The molecule has 1 aliphatic heterocycles. The van der Waals surface area contributed by atoms with Crippen LogP contribution in [0.4, 0.5) is 0 Å². The molecule has 3 rings (SSSR count). The Bertz CT molecular complexity index is 360. The maximum atomic E-state index is 10.0. The largest absolute Gasteiger partial charge is 0.316 e. The normalized spacial score (nSPS) is 11.6. The highest BCUT2D eigenvalue weighted by Crippen LogP contribution is 1.73. The second-order valence-corrected chi connectivity index (χ2v) is 2.60. The second kappa shape index (κ2) is 8.65. The van der Waals surface area contributed by atoms with Gasteiger partial charge < -0.3 is 5.32 Å². The predicted octanol–water partition coefficient (Wildman–Crippen LogP) is -0.574. The Labute approximate surface area is 97.2 Å². The number of H-pyrrole nitrogens is 1. The number of carbonyl (C=O) groups is 1. The minimum Gasteiger partial charge on any atom is -0.316 e. The molecule has 0 aliphatic carbocycles. The van der Waals surface area contributed by atoms with Crippen LogP contribution in [0.2, 0.25) is 0 Å². The highest BCUT2D eigenvalue weighted by Gasteiger charge is 1.98. The van der Waals surface area contributed by atoms with E-state index in [2.05, 4.69) is 35.7 Å². The van der Waals surface area contributed by atoms with Crippen LogP contribution in [0.5, 0.6) is 0 Å². The van der Waals surface area contributed by atoms with Gasteiger partial charge in [0.05, 0.1) is 18.7 Å². The first kappa shape index (κ1) is 12.4. The lowest BCUT2D eigenvalue weighted by Crippen LogP contribution is -2.15. The van der Waals surface area contributed by atoms with Crippen LogP contribution in [0.15, 0.2) is 42.2 Å². The van der Waals surface area contributed by atoms with Gasteiger partial charge in [0.2, 0.25) is 5.91 Å². The first-order valence-corrected chi connectivity index (χ1v) is 4.67. The number of carbonyl (C=O) groups excluding carboxylic acids is 1. The van der Waals surface area contributed by atoms with Gasteiger partial charge >= 0.3 is 0 Å². The highest BCUT2D eigenvalue weighted by atomic mass is 16.2. The monoisotopic (exact) mass is 233 g/mol. The van der Waals surface area contributed by atoms with Gasteiger partial charge in [-0.2, -0.15) is 15.4 Å². The molecule has 0 radical (unpaired) electrons. The van der Waals surface area contributed by atoms with Gasteiger partial charge in [-0.15, -0.1) is 0 Å². The first-order valence-electron chi connectivity index (χ1n) is 4.67. The van der Waals surface area contributed by atoms with Gasteiger partial charge in [-0.05, 0) is 6.07 Å². The van der Waals surface area contributed by atoms with Crippen LogP contribution in [-0.2, 0) is 4.79 Å². The molecule has 8 heteroatoms. The Morgan fingerprint density at radius 2 is 1.76 bits per heavy atom. The summed E-state index contributed by atoms with van der Waals surface area (Å²) < 4.78 is 0. The molecule has 0 aromatic carbocycles. The smallest absolute Gasteiger partial charge is 0.246 e. The summed E-state index contributed by atoms with van der Waals surface area (Å²) in [7, 11) is 0. The van der Waals surface area contributed by atoms with Crippen molar-refractivity contribution in [3.63, 3.8) is 0 Å². The van der Waals surface area contributed by atoms with Crippen LogP contribution in [0.1, 0.15) is 0 Å².